The molecule has 78 valence electrons. The smallest absolute Gasteiger partial charge is 0.120 e. The molecule has 1 rings (SSSR count). The van der Waals surface area contributed by atoms with E-state index in [1.165, 1.54) is 0 Å². The lowest BCUT2D eigenvalue weighted by Crippen LogP contribution is -2.20. The Bertz CT molecular complexity index is 328. The van der Waals surface area contributed by atoms with Gasteiger partial charge in [0.25, 0.3) is 0 Å². The predicted molar refractivity (Wildman–Crippen MR) is 60.6 cm³/mol. The lowest BCUT2D eigenvalue weighted by molar-refractivity contribution is 0.460. The third-order valence-corrected chi connectivity index (χ3v) is 3.08. The fraction of sp³-hybridized carbons (Fsp3) is 0.400. The van der Waals surface area contributed by atoms with E-state index < -0.39 is 0 Å². The molecule has 5 N–H and O–H groups in total. The molecule has 0 aliphatic carbocycles. The van der Waals surface area contributed by atoms with Gasteiger partial charge in [0, 0.05) is 23.0 Å². The molecule has 1 atom stereocenters. The summed E-state index contributed by atoms with van der Waals surface area (Å²) in [5.41, 5.74) is 13.0. The van der Waals surface area contributed by atoms with Crippen LogP contribution in [0.1, 0.15) is 17.2 Å². The van der Waals surface area contributed by atoms with Crippen LogP contribution in [-0.2, 0) is 0 Å². The third-order valence-electron chi connectivity index (χ3n) is 2.20. The molecule has 0 heterocycles. The van der Waals surface area contributed by atoms with Gasteiger partial charge in [-0.25, -0.2) is 0 Å². The van der Waals surface area contributed by atoms with Gasteiger partial charge in [0.1, 0.15) is 5.75 Å². The number of benzene rings is 1. The SMILES string of the molecule is CSc1cc([C@@H](N)CN)c(O)cc1C. The van der Waals surface area contributed by atoms with E-state index in [2.05, 4.69) is 0 Å². The number of rotatable bonds is 3. The highest BCUT2D eigenvalue weighted by Crippen LogP contribution is 2.30. The van der Waals surface area contributed by atoms with Gasteiger partial charge in [-0.1, -0.05) is 0 Å². The summed E-state index contributed by atoms with van der Waals surface area (Å²) in [5.74, 6) is 0.234. The van der Waals surface area contributed by atoms with E-state index in [1.54, 1.807) is 17.8 Å². The van der Waals surface area contributed by atoms with Gasteiger partial charge in [-0.15, -0.1) is 11.8 Å². The summed E-state index contributed by atoms with van der Waals surface area (Å²) in [6, 6.07) is 3.35. The van der Waals surface area contributed by atoms with E-state index in [0.717, 1.165) is 16.0 Å². The zero-order valence-electron chi connectivity index (χ0n) is 8.45. The highest BCUT2D eigenvalue weighted by atomic mass is 32.2. The Hall–Kier alpha value is -0.710. The molecule has 3 nitrogen and oxygen atoms in total. The van der Waals surface area contributed by atoms with Crippen LogP contribution in [0.5, 0.6) is 5.75 Å². The molecule has 1 aromatic carbocycles. The van der Waals surface area contributed by atoms with Crippen LogP contribution in [0.25, 0.3) is 0 Å². The minimum absolute atomic E-state index is 0.234. The van der Waals surface area contributed by atoms with Crippen molar-refractivity contribution >= 4 is 11.8 Å². The van der Waals surface area contributed by atoms with Gasteiger partial charge in [0.15, 0.2) is 0 Å². The highest BCUT2D eigenvalue weighted by molar-refractivity contribution is 7.98. The minimum atomic E-state index is -0.290. The van der Waals surface area contributed by atoms with Crippen LogP contribution in [0.2, 0.25) is 0 Å². The van der Waals surface area contributed by atoms with Crippen molar-refractivity contribution in [1.82, 2.24) is 0 Å². The second-order valence-corrected chi connectivity index (χ2v) is 4.07. The lowest BCUT2D eigenvalue weighted by Gasteiger charge is -2.14. The van der Waals surface area contributed by atoms with Crippen LogP contribution >= 0.6 is 11.8 Å². The Balaban J connectivity index is 3.17. The maximum Gasteiger partial charge on any atom is 0.120 e. The van der Waals surface area contributed by atoms with Crippen molar-refractivity contribution in [3.63, 3.8) is 0 Å². The Morgan fingerprint density at radius 1 is 1.50 bits per heavy atom. The van der Waals surface area contributed by atoms with Gasteiger partial charge in [0.2, 0.25) is 0 Å². The molecular formula is C10H16N2OS. The van der Waals surface area contributed by atoms with E-state index in [9.17, 15) is 5.11 Å². The normalized spacial score (nSPS) is 12.9. The van der Waals surface area contributed by atoms with Gasteiger partial charge < -0.3 is 16.6 Å². The zero-order valence-corrected chi connectivity index (χ0v) is 9.27. The summed E-state index contributed by atoms with van der Waals surface area (Å²) in [4.78, 5) is 1.13. The first kappa shape index (κ1) is 11.4. The first-order valence-corrected chi connectivity index (χ1v) is 5.65. The maximum atomic E-state index is 9.67. The standard InChI is InChI=1S/C10H16N2OS/c1-6-3-9(13)7(8(12)5-11)4-10(6)14-2/h3-4,8,13H,5,11-12H2,1-2H3/t8-/m0/s1. The topological polar surface area (TPSA) is 72.3 Å². The number of thioether (sulfide) groups is 1. The minimum Gasteiger partial charge on any atom is -0.508 e. The zero-order chi connectivity index (χ0) is 10.7. The molecule has 0 saturated carbocycles. The summed E-state index contributed by atoms with van der Waals surface area (Å²) in [6.07, 6.45) is 2.00. The molecule has 0 fully saturated rings. The van der Waals surface area contributed by atoms with Crippen LogP contribution in [-0.4, -0.2) is 17.9 Å². The van der Waals surface area contributed by atoms with Crippen molar-refractivity contribution < 1.29 is 5.11 Å². The quantitative estimate of drug-likeness (QED) is 0.662. The predicted octanol–water partition coefficient (Wildman–Crippen LogP) is 1.38. The molecule has 0 amide bonds. The number of hydrogen-bond acceptors (Lipinski definition) is 4. The van der Waals surface area contributed by atoms with Gasteiger partial charge >= 0.3 is 0 Å². The molecule has 0 bridgehead atoms. The van der Waals surface area contributed by atoms with Crippen LogP contribution in [0.15, 0.2) is 17.0 Å². The van der Waals surface area contributed by atoms with E-state index >= 15 is 0 Å². The van der Waals surface area contributed by atoms with Crippen molar-refractivity contribution in [2.75, 3.05) is 12.8 Å². The first-order valence-electron chi connectivity index (χ1n) is 4.43. The van der Waals surface area contributed by atoms with Gasteiger partial charge in [0.05, 0.1) is 0 Å². The summed E-state index contributed by atoms with van der Waals surface area (Å²) >= 11 is 1.64. The maximum absolute atomic E-state index is 9.67. The third kappa shape index (κ3) is 2.20. The highest BCUT2D eigenvalue weighted by Gasteiger charge is 2.11. The lowest BCUT2D eigenvalue weighted by atomic mass is 10.0. The van der Waals surface area contributed by atoms with Crippen molar-refractivity contribution in [3.8, 4) is 5.75 Å². The molecule has 14 heavy (non-hydrogen) atoms. The Labute approximate surface area is 88.5 Å². The average molecular weight is 212 g/mol. The Morgan fingerprint density at radius 3 is 2.64 bits per heavy atom. The number of phenolic OH excluding ortho intramolecular Hbond substituents is 1. The van der Waals surface area contributed by atoms with Crippen molar-refractivity contribution in [2.45, 2.75) is 17.9 Å². The number of phenols is 1. The summed E-state index contributed by atoms with van der Waals surface area (Å²) in [6.45, 7) is 2.30. The number of hydrogen-bond donors (Lipinski definition) is 3. The van der Waals surface area contributed by atoms with E-state index in [1.807, 2.05) is 19.2 Å². The summed E-state index contributed by atoms with van der Waals surface area (Å²) in [7, 11) is 0. The van der Waals surface area contributed by atoms with E-state index in [0.29, 0.717) is 6.54 Å². The molecular weight excluding hydrogens is 196 g/mol. The van der Waals surface area contributed by atoms with Crippen molar-refractivity contribution in [1.29, 1.82) is 0 Å². The molecule has 4 heteroatoms. The molecule has 0 aromatic heterocycles. The second kappa shape index (κ2) is 4.68. The van der Waals surface area contributed by atoms with Crippen LogP contribution in [0.4, 0.5) is 0 Å². The van der Waals surface area contributed by atoms with E-state index in [4.69, 9.17) is 11.5 Å². The Morgan fingerprint density at radius 2 is 2.14 bits per heavy atom. The van der Waals surface area contributed by atoms with Crippen LogP contribution in [0.3, 0.4) is 0 Å². The fourth-order valence-corrected chi connectivity index (χ4v) is 1.96. The number of aromatic hydroxyl groups is 1. The summed E-state index contributed by atoms with van der Waals surface area (Å²) in [5, 5.41) is 9.67. The van der Waals surface area contributed by atoms with Crippen molar-refractivity contribution in [2.24, 2.45) is 11.5 Å². The van der Waals surface area contributed by atoms with Crippen LogP contribution in [0, 0.1) is 6.92 Å². The molecule has 0 aliphatic rings. The fourth-order valence-electron chi connectivity index (χ4n) is 1.33. The molecule has 0 radical (unpaired) electrons. The van der Waals surface area contributed by atoms with Crippen molar-refractivity contribution in [3.05, 3.63) is 23.3 Å². The van der Waals surface area contributed by atoms with Gasteiger partial charge in [-0.2, -0.15) is 0 Å². The largest absolute Gasteiger partial charge is 0.508 e. The molecule has 0 aliphatic heterocycles. The van der Waals surface area contributed by atoms with Gasteiger partial charge in [-0.05, 0) is 30.9 Å². The molecule has 1 aromatic rings. The van der Waals surface area contributed by atoms with Gasteiger partial charge in [-0.3, -0.25) is 0 Å². The molecule has 0 unspecified atom stereocenters. The monoisotopic (exact) mass is 212 g/mol. The van der Waals surface area contributed by atoms with Crippen LogP contribution < -0.4 is 11.5 Å². The number of aryl methyl sites for hydroxylation is 1. The molecule has 0 saturated heterocycles. The summed E-state index contributed by atoms with van der Waals surface area (Å²) < 4.78 is 0. The molecule has 0 spiro atoms. The van der Waals surface area contributed by atoms with E-state index in [-0.39, 0.29) is 11.8 Å². The average Bonchev–Trinajstić information content (AvgIpc) is 2.17. The Kier molecular flexibility index (Phi) is 3.80. The number of nitrogens with two attached hydrogens (primary N) is 2. The first-order chi connectivity index (χ1) is 6.60. The second-order valence-electron chi connectivity index (χ2n) is 3.22.